The monoisotopic (exact) mass is 621 g/mol. The van der Waals surface area contributed by atoms with Crippen LogP contribution in [0.3, 0.4) is 0 Å². The Kier molecular flexibility index (Phi) is 10.7. The highest BCUT2D eigenvalue weighted by atomic mass is 32.2. The minimum absolute atomic E-state index is 0.0458. The third-order valence-electron chi connectivity index (χ3n) is 7.81. The molecule has 2 aliphatic heterocycles. The van der Waals surface area contributed by atoms with Crippen LogP contribution in [-0.2, 0) is 21.2 Å². The fourth-order valence-corrected chi connectivity index (χ4v) is 6.70. The fourth-order valence-electron chi connectivity index (χ4n) is 5.24. The van der Waals surface area contributed by atoms with Gasteiger partial charge in [-0.25, -0.2) is 18.4 Å². The van der Waals surface area contributed by atoms with Crippen LogP contribution in [0.2, 0.25) is 0 Å². The molecular weight excluding hydrogens is 582 g/mol. The van der Waals surface area contributed by atoms with E-state index in [1.54, 1.807) is 23.7 Å². The van der Waals surface area contributed by atoms with Gasteiger partial charge in [0.15, 0.2) is 11.5 Å². The lowest BCUT2D eigenvalue weighted by molar-refractivity contribution is 0.0254. The molecule has 2 saturated heterocycles. The van der Waals surface area contributed by atoms with E-state index in [0.29, 0.717) is 73.5 Å². The first-order valence-corrected chi connectivity index (χ1v) is 16.5. The summed E-state index contributed by atoms with van der Waals surface area (Å²) in [6, 6.07) is 15.2. The smallest absolute Gasteiger partial charge is 0.214 e. The van der Waals surface area contributed by atoms with Crippen molar-refractivity contribution in [2.75, 3.05) is 65.9 Å². The summed E-state index contributed by atoms with van der Waals surface area (Å²) in [6.07, 6.45) is 4.22. The van der Waals surface area contributed by atoms with E-state index >= 15 is 0 Å². The van der Waals surface area contributed by atoms with Crippen molar-refractivity contribution in [2.24, 2.45) is 0 Å². The normalized spacial score (nSPS) is 16.8. The second-order valence-electron chi connectivity index (χ2n) is 11.0. The fraction of sp³-hybridized carbons (Fsp3) is 0.469. The maximum atomic E-state index is 12.7. The average molecular weight is 622 g/mol. The largest absolute Gasteiger partial charge is 0.493 e. The Morgan fingerprint density at radius 1 is 1.02 bits per heavy atom. The zero-order valence-electron chi connectivity index (χ0n) is 25.3. The number of nitrogens with zero attached hydrogens (tertiary/aromatic N) is 5. The van der Waals surface area contributed by atoms with Crippen molar-refractivity contribution < 1.29 is 27.4 Å². The van der Waals surface area contributed by atoms with Gasteiger partial charge in [0.25, 0.3) is 0 Å². The van der Waals surface area contributed by atoms with Crippen molar-refractivity contribution in [1.29, 1.82) is 5.26 Å². The number of methoxy groups -OCH3 is 1. The molecule has 0 spiro atoms. The van der Waals surface area contributed by atoms with E-state index < -0.39 is 10.0 Å². The average Bonchev–Trinajstić information content (AvgIpc) is 3.04. The number of hydrogen-bond donors (Lipinski definition) is 0. The van der Waals surface area contributed by atoms with Crippen molar-refractivity contribution in [2.45, 2.75) is 31.8 Å². The second kappa shape index (κ2) is 14.8. The molecule has 11 nitrogen and oxygen atoms in total. The quantitative estimate of drug-likeness (QED) is 0.277. The molecule has 1 aromatic heterocycles. The van der Waals surface area contributed by atoms with Crippen molar-refractivity contribution in [3.05, 3.63) is 65.6 Å². The van der Waals surface area contributed by atoms with E-state index in [1.165, 1.54) is 0 Å². The molecule has 0 atom stereocenters. The summed E-state index contributed by atoms with van der Waals surface area (Å²) in [4.78, 5) is 11.3. The number of rotatable bonds is 12. The first-order valence-electron chi connectivity index (χ1n) is 14.9. The Morgan fingerprint density at radius 2 is 1.80 bits per heavy atom. The predicted octanol–water partition coefficient (Wildman–Crippen LogP) is 3.52. The zero-order chi connectivity index (χ0) is 30.9. The highest BCUT2D eigenvalue weighted by Crippen LogP contribution is 2.30. The molecule has 3 heterocycles. The second-order valence-corrected chi connectivity index (χ2v) is 13.1. The summed E-state index contributed by atoms with van der Waals surface area (Å²) in [5.41, 5.74) is 2.91. The van der Waals surface area contributed by atoms with Crippen LogP contribution in [0.1, 0.15) is 36.2 Å². The summed E-state index contributed by atoms with van der Waals surface area (Å²) in [5, 5.41) is 9.77. The van der Waals surface area contributed by atoms with Gasteiger partial charge in [-0.1, -0.05) is 6.07 Å². The van der Waals surface area contributed by atoms with Crippen molar-refractivity contribution in [3.63, 3.8) is 0 Å². The van der Waals surface area contributed by atoms with Gasteiger partial charge in [-0.3, -0.25) is 0 Å². The van der Waals surface area contributed by atoms with Gasteiger partial charge < -0.3 is 23.8 Å². The first-order chi connectivity index (χ1) is 21.3. The minimum Gasteiger partial charge on any atom is -0.493 e. The molecule has 2 aromatic carbocycles. The first kappa shape index (κ1) is 31.7. The molecule has 0 bridgehead atoms. The number of likely N-dealkylation sites (N-methyl/N-ethyl adjacent to an activating group) is 1. The molecule has 234 valence electrons. The predicted molar refractivity (Wildman–Crippen MR) is 165 cm³/mol. The highest BCUT2D eigenvalue weighted by Gasteiger charge is 2.25. The van der Waals surface area contributed by atoms with E-state index in [2.05, 4.69) is 16.0 Å². The van der Waals surface area contributed by atoms with Crippen molar-refractivity contribution in [3.8, 4) is 34.6 Å². The van der Waals surface area contributed by atoms with Gasteiger partial charge in [-0.15, -0.1) is 0 Å². The molecule has 2 fully saturated rings. The molecule has 0 N–H and O–H groups in total. The molecule has 0 saturated carbocycles. The third-order valence-corrected chi connectivity index (χ3v) is 9.77. The molecule has 3 aromatic rings. The van der Waals surface area contributed by atoms with Crippen LogP contribution < -0.4 is 14.2 Å². The van der Waals surface area contributed by atoms with E-state index in [1.807, 2.05) is 43.4 Å². The maximum Gasteiger partial charge on any atom is 0.214 e. The number of ether oxygens (including phenoxy) is 4. The summed E-state index contributed by atoms with van der Waals surface area (Å²) in [6.45, 7) is 4.14. The van der Waals surface area contributed by atoms with Gasteiger partial charge in [0, 0.05) is 57.2 Å². The Balaban J connectivity index is 1.19. The highest BCUT2D eigenvalue weighted by molar-refractivity contribution is 7.89. The Labute approximate surface area is 259 Å². The molecule has 5 rings (SSSR count). The van der Waals surface area contributed by atoms with E-state index in [0.717, 1.165) is 37.1 Å². The van der Waals surface area contributed by atoms with E-state index in [9.17, 15) is 13.7 Å². The number of nitriles is 1. The summed E-state index contributed by atoms with van der Waals surface area (Å²) in [7, 11) is 0.271. The SMILES string of the molecule is COc1cc(Cc2nccc(-c3ccc(OC4CCOCC4)c(C#N)c3)n2)ccc1OCCCS(=O)(=O)N1CCN(C)CC1. The number of aromatic nitrogens is 2. The standard InChI is InChI=1S/C32H39N5O6S/c1-36-12-14-37(15-13-36)44(38,39)19-3-16-42-30-6-4-24(20-31(30)40-2)21-32-34-11-8-28(35-32)25-5-7-29(26(22-25)23-33)43-27-9-17-41-18-10-27/h4-8,11,20,22,27H,3,9-10,12-19,21H2,1-2H3. The molecule has 0 aliphatic carbocycles. The minimum atomic E-state index is -3.30. The molecule has 44 heavy (non-hydrogen) atoms. The van der Waals surface area contributed by atoms with Crippen LogP contribution in [0.25, 0.3) is 11.3 Å². The van der Waals surface area contributed by atoms with Gasteiger partial charge in [-0.05, 0) is 55.4 Å². The summed E-state index contributed by atoms with van der Waals surface area (Å²) < 4.78 is 49.9. The molecular formula is C32H39N5O6S. The van der Waals surface area contributed by atoms with Crippen LogP contribution in [-0.4, -0.2) is 99.6 Å². The van der Waals surface area contributed by atoms with Crippen molar-refractivity contribution in [1.82, 2.24) is 19.2 Å². The lowest BCUT2D eigenvalue weighted by Crippen LogP contribution is -2.47. The number of hydrogen-bond acceptors (Lipinski definition) is 10. The van der Waals surface area contributed by atoms with Crippen LogP contribution in [0, 0.1) is 11.3 Å². The molecule has 2 aliphatic rings. The lowest BCUT2D eigenvalue weighted by Gasteiger charge is -2.31. The Hall–Kier alpha value is -3.76. The van der Waals surface area contributed by atoms with Crippen LogP contribution in [0.4, 0.5) is 0 Å². The molecule has 0 amide bonds. The summed E-state index contributed by atoms with van der Waals surface area (Å²) in [5.74, 6) is 2.35. The van der Waals surface area contributed by atoms with Gasteiger partial charge in [0.05, 0.1) is 43.9 Å². The molecule has 0 radical (unpaired) electrons. The molecule has 12 heteroatoms. The number of benzene rings is 2. The van der Waals surface area contributed by atoms with Gasteiger partial charge in [-0.2, -0.15) is 9.57 Å². The van der Waals surface area contributed by atoms with Crippen molar-refractivity contribution >= 4 is 10.0 Å². The topological polar surface area (TPSA) is 127 Å². The Bertz CT molecular complexity index is 1560. The number of piperazine rings is 1. The van der Waals surface area contributed by atoms with E-state index in [-0.39, 0.29) is 18.5 Å². The van der Waals surface area contributed by atoms with Gasteiger partial charge in [0.1, 0.15) is 23.7 Å². The molecule has 0 unspecified atom stereocenters. The Morgan fingerprint density at radius 3 is 2.55 bits per heavy atom. The lowest BCUT2D eigenvalue weighted by atomic mass is 10.1. The zero-order valence-corrected chi connectivity index (χ0v) is 26.1. The summed E-state index contributed by atoms with van der Waals surface area (Å²) >= 11 is 0. The van der Waals surface area contributed by atoms with Gasteiger partial charge >= 0.3 is 0 Å². The van der Waals surface area contributed by atoms with Crippen LogP contribution in [0.15, 0.2) is 48.7 Å². The number of sulfonamides is 1. The van der Waals surface area contributed by atoms with E-state index in [4.69, 9.17) is 23.9 Å². The third kappa shape index (κ3) is 8.24. The van der Waals surface area contributed by atoms with Gasteiger partial charge in [0.2, 0.25) is 10.0 Å². The van der Waals surface area contributed by atoms with Crippen LogP contribution >= 0.6 is 0 Å². The maximum absolute atomic E-state index is 12.7. The van der Waals surface area contributed by atoms with Crippen LogP contribution in [0.5, 0.6) is 17.2 Å².